The minimum atomic E-state index is -3.98. The molecule has 2 aliphatic rings. The number of carbonyl (C=O) groups is 2. The van der Waals surface area contributed by atoms with E-state index in [2.05, 4.69) is 4.90 Å². The van der Waals surface area contributed by atoms with Gasteiger partial charge in [-0.3, -0.25) is 9.69 Å². The number of rotatable bonds is 3. The van der Waals surface area contributed by atoms with Gasteiger partial charge < -0.3 is 15.5 Å². The fraction of sp³-hybridized carbons (Fsp3) is 0.500. The van der Waals surface area contributed by atoms with Crippen molar-refractivity contribution in [1.82, 2.24) is 14.1 Å². The van der Waals surface area contributed by atoms with Crippen molar-refractivity contribution in [1.29, 1.82) is 0 Å². The number of para-hydroxylation sites is 1. The molecule has 0 aliphatic carbocycles. The SMILES string of the molecule is CN1C(=O)C(S(=O)(=O)N2CCN(c3ccccc3)CC2)C(N)N(C)C1=O. The van der Waals surface area contributed by atoms with Crippen molar-refractivity contribution in [2.24, 2.45) is 5.73 Å². The van der Waals surface area contributed by atoms with E-state index in [1.165, 1.54) is 18.4 Å². The minimum absolute atomic E-state index is 0.259. The molecule has 3 rings (SSSR count). The first-order chi connectivity index (χ1) is 12.2. The molecule has 9 nitrogen and oxygen atoms in total. The molecule has 1 aromatic rings. The van der Waals surface area contributed by atoms with E-state index in [4.69, 9.17) is 5.73 Å². The molecule has 1 aromatic carbocycles. The molecule has 142 valence electrons. The van der Waals surface area contributed by atoms with E-state index in [0.29, 0.717) is 13.1 Å². The Labute approximate surface area is 153 Å². The van der Waals surface area contributed by atoms with Crippen molar-refractivity contribution in [3.63, 3.8) is 0 Å². The molecule has 0 bridgehead atoms. The van der Waals surface area contributed by atoms with Gasteiger partial charge in [0.05, 0.1) is 0 Å². The molecule has 0 spiro atoms. The number of benzene rings is 1. The van der Waals surface area contributed by atoms with Crippen LogP contribution in [-0.4, -0.2) is 86.2 Å². The molecule has 0 radical (unpaired) electrons. The number of anilines is 1. The zero-order valence-electron chi connectivity index (χ0n) is 14.8. The standard InChI is InChI=1S/C16H23N5O4S/c1-18-14(17)13(15(22)19(2)16(18)23)26(24,25)21-10-8-20(9-11-21)12-6-4-3-5-7-12/h3-7,13-14H,8-11,17H2,1-2H3. The molecule has 2 N–H and O–H groups in total. The van der Waals surface area contributed by atoms with Crippen molar-refractivity contribution in [3.05, 3.63) is 30.3 Å². The second kappa shape index (κ2) is 6.86. The Morgan fingerprint density at radius 1 is 1.00 bits per heavy atom. The molecule has 2 saturated heterocycles. The first-order valence-electron chi connectivity index (χ1n) is 8.34. The van der Waals surface area contributed by atoms with Gasteiger partial charge in [0.1, 0.15) is 6.17 Å². The van der Waals surface area contributed by atoms with Gasteiger partial charge in [-0.1, -0.05) is 18.2 Å². The number of carbonyl (C=O) groups excluding carboxylic acids is 2. The molecular weight excluding hydrogens is 358 g/mol. The second-order valence-electron chi connectivity index (χ2n) is 6.47. The summed E-state index contributed by atoms with van der Waals surface area (Å²) in [6.45, 7) is 1.55. The summed E-state index contributed by atoms with van der Waals surface area (Å²) in [6.07, 6.45) is -1.21. The molecule has 2 heterocycles. The van der Waals surface area contributed by atoms with Crippen molar-refractivity contribution < 1.29 is 18.0 Å². The largest absolute Gasteiger partial charge is 0.369 e. The molecule has 2 unspecified atom stereocenters. The van der Waals surface area contributed by atoms with Gasteiger partial charge in [0.2, 0.25) is 10.0 Å². The van der Waals surface area contributed by atoms with Gasteiger partial charge in [0, 0.05) is 46.0 Å². The topological polar surface area (TPSA) is 107 Å². The zero-order chi connectivity index (χ0) is 19.1. The van der Waals surface area contributed by atoms with Gasteiger partial charge in [-0.15, -0.1) is 0 Å². The highest BCUT2D eigenvalue weighted by molar-refractivity contribution is 7.90. The summed E-state index contributed by atoms with van der Waals surface area (Å²) in [5.74, 6) is -0.786. The minimum Gasteiger partial charge on any atom is -0.369 e. The van der Waals surface area contributed by atoms with E-state index in [-0.39, 0.29) is 13.1 Å². The van der Waals surface area contributed by atoms with Crippen LogP contribution in [0.5, 0.6) is 0 Å². The van der Waals surface area contributed by atoms with Crippen LogP contribution in [0.15, 0.2) is 30.3 Å². The average molecular weight is 381 g/mol. The lowest BCUT2D eigenvalue weighted by Gasteiger charge is -2.42. The molecule has 3 amide bonds. The van der Waals surface area contributed by atoms with Crippen LogP contribution in [0.25, 0.3) is 0 Å². The molecular formula is C16H23N5O4S. The highest BCUT2D eigenvalue weighted by Crippen LogP contribution is 2.24. The third kappa shape index (κ3) is 3.04. The number of urea groups is 1. The fourth-order valence-electron chi connectivity index (χ4n) is 3.30. The lowest BCUT2D eigenvalue weighted by Crippen LogP contribution is -2.69. The van der Waals surface area contributed by atoms with Crippen LogP contribution in [0, 0.1) is 0 Å². The highest BCUT2D eigenvalue weighted by atomic mass is 32.2. The van der Waals surface area contributed by atoms with Crippen molar-refractivity contribution in [2.45, 2.75) is 11.4 Å². The molecule has 0 saturated carbocycles. The van der Waals surface area contributed by atoms with E-state index in [1.807, 2.05) is 30.3 Å². The predicted octanol–water partition coefficient (Wildman–Crippen LogP) is -0.684. The van der Waals surface area contributed by atoms with Crippen LogP contribution in [-0.2, 0) is 14.8 Å². The third-order valence-corrected chi connectivity index (χ3v) is 7.17. The predicted molar refractivity (Wildman–Crippen MR) is 96.8 cm³/mol. The van der Waals surface area contributed by atoms with Crippen LogP contribution in [0.3, 0.4) is 0 Å². The Morgan fingerprint density at radius 3 is 2.15 bits per heavy atom. The van der Waals surface area contributed by atoms with Crippen LogP contribution in [0.2, 0.25) is 0 Å². The van der Waals surface area contributed by atoms with Gasteiger partial charge in [-0.25, -0.2) is 13.2 Å². The maximum atomic E-state index is 13.0. The van der Waals surface area contributed by atoms with Crippen molar-refractivity contribution in [3.8, 4) is 0 Å². The molecule has 2 atom stereocenters. The van der Waals surface area contributed by atoms with Gasteiger partial charge in [0.15, 0.2) is 5.25 Å². The van der Waals surface area contributed by atoms with Crippen molar-refractivity contribution >= 4 is 27.6 Å². The third-order valence-electron chi connectivity index (χ3n) is 4.96. The zero-order valence-corrected chi connectivity index (χ0v) is 15.6. The number of piperazine rings is 1. The van der Waals surface area contributed by atoms with Crippen LogP contribution >= 0.6 is 0 Å². The molecule has 0 aromatic heterocycles. The maximum Gasteiger partial charge on any atom is 0.327 e. The maximum absolute atomic E-state index is 13.0. The molecule has 26 heavy (non-hydrogen) atoms. The monoisotopic (exact) mass is 381 g/mol. The van der Waals surface area contributed by atoms with Crippen LogP contribution in [0.1, 0.15) is 0 Å². The number of hydrogen-bond acceptors (Lipinski definition) is 6. The van der Waals surface area contributed by atoms with E-state index in [9.17, 15) is 18.0 Å². The number of imide groups is 1. The summed E-state index contributed by atoms with van der Waals surface area (Å²) in [4.78, 5) is 28.4. The lowest BCUT2D eigenvalue weighted by molar-refractivity contribution is -0.130. The summed E-state index contributed by atoms with van der Waals surface area (Å²) in [6, 6.07) is 9.12. The van der Waals surface area contributed by atoms with Crippen LogP contribution < -0.4 is 10.6 Å². The summed E-state index contributed by atoms with van der Waals surface area (Å²) in [5, 5.41) is -1.49. The molecule has 2 fully saturated rings. The summed E-state index contributed by atoms with van der Waals surface area (Å²) < 4.78 is 27.4. The van der Waals surface area contributed by atoms with Gasteiger partial charge in [0.25, 0.3) is 5.91 Å². The van der Waals surface area contributed by atoms with E-state index >= 15 is 0 Å². The Morgan fingerprint density at radius 2 is 1.58 bits per heavy atom. The number of sulfonamides is 1. The molecule has 2 aliphatic heterocycles. The van der Waals surface area contributed by atoms with E-state index in [1.54, 1.807) is 0 Å². The van der Waals surface area contributed by atoms with E-state index < -0.39 is 33.4 Å². The first-order valence-corrected chi connectivity index (χ1v) is 9.84. The number of hydrogen-bond donors (Lipinski definition) is 1. The lowest BCUT2D eigenvalue weighted by atomic mass is 10.2. The van der Waals surface area contributed by atoms with E-state index in [0.717, 1.165) is 15.5 Å². The summed E-state index contributed by atoms with van der Waals surface area (Å²) in [7, 11) is -1.32. The highest BCUT2D eigenvalue weighted by Gasteiger charge is 2.51. The summed E-state index contributed by atoms with van der Waals surface area (Å²) in [5.41, 5.74) is 6.95. The van der Waals surface area contributed by atoms with Crippen LogP contribution in [0.4, 0.5) is 10.5 Å². The Hall–Kier alpha value is -2.17. The summed E-state index contributed by atoms with van der Waals surface area (Å²) >= 11 is 0. The fourth-order valence-corrected chi connectivity index (χ4v) is 5.24. The smallest absolute Gasteiger partial charge is 0.327 e. The average Bonchev–Trinajstić information content (AvgIpc) is 2.65. The Bertz CT molecular complexity index is 792. The van der Waals surface area contributed by atoms with Gasteiger partial charge in [-0.2, -0.15) is 4.31 Å². The molecule has 10 heteroatoms. The number of amides is 3. The number of nitrogens with zero attached hydrogens (tertiary/aromatic N) is 4. The Balaban J connectivity index is 1.77. The van der Waals surface area contributed by atoms with Gasteiger partial charge >= 0.3 is 6.03 Å². The van der Waals surface area contributed by atoms with Gasteiger partial charge in [-0.05, 0) is 12.1 Å². The normalized spacial score (nSPS) is 25.7. The number of nitrogens with two attached hydrogens (primary N) is 1. The first kappa shape index (κ1) is 18.6. The van der Waals surface area contributed by atoms with Crippen molar-refractivity contribution in [2.75, 3.05) is 45.2 Å². The second-order valence-corrected chi connectivity index (χ2v) is 8.52. The Kier molecular flexibility index (Phi) is 4.91. The quantitative estimate of drug-likeness (QED) is 0.743.